The first-order valence-corrected chi connectivity index (χ1v) is 19.0. The van der Waals surface area contributed by atoms with Gasteiger partial charge in [0.1, 0.15) is 6.04 Å². The van der Waals surface area contributed by atoms with Crippen LogP contribution < -0.4 is 20.5 Å². The Balaban J connectivity index is 0.780. The third-order valence-corrected chi connectivity index (χ3v) is 14.1. The van der Waals surface area contributed by atoms with Crippen LogP contribution in [0, 0.1) is 28.6 Å². The summed E-state index contributed by atoms with van der Waals surface area (Å²) in [6, 6.07) is 12.1. The highest BCUT2D eigenvalue weighted by Crippen LogP contribution is 2.65. The molecule has 0 radical (unpaired) electrons. The van der Waals surface area contributed by atoms with Gasteiger partial charge in [-0.1, -0.05) is 13.0 Å². The molecule has 0 bridgehead atoms. The number of aromatic amines is 1. The average Bonchev–Trinajstić information content (AvgIpc) is 3.91. The lowest BCUT2D eigenvalue weighted by Gasteiger charge is -2.58. The summed E-state index contributed by atoms with van der Waals surface area (Å²) in [5.74, 6) is -4.69. The summed E-state index contributed by atoms with van der Waals surface area (Å²) in [5, 5.41) is 7.84. The van der Waals surface area contributed by atoms with E-state index in [1.54, 1.807) is 24.0 Å². The fourth-order valence-electron chi connectivity index (χ4n) is 10.8. The van der Waals surface area contributed by atoms with Crippen molar-refractivity contribution in [3.05, 3.63) is 59.3 Å². The number of imide groups is 2. The van der Waals surface area contributed by atoms with Crippen LogP contribution in [-0.2, 0) is 14.4 Å². The number of nitrogens with zero attached hydrogens (tertiary/aromatic N) is 4. The Hall–Kier alpha value is -5.14. The van der Waals surface area contributed by atoms with Gasteiger partial charge in [0.05, 0.1) is 28.6 Å². The van der Waals surface area contributed by atoms with Crippen molar-refractivity contribution >= 4 is 57.5 Å². The standard InChI is InChI=1S/C40H41F2N7O5/c1-38-18-30-27(12-22(38)17-40(38,41)42)33(46-45-30)29-11-20-3-4-23(14-28(20)43-29)47(2)35(52)21-15-39(16-21)9-10-48(19-39)24-5-6-25-26(13-24)37(54)49(36(25)53)31-7-8-32(50)44-34(31)51/h3-6,11,13-14,21-22,27,30-31,43,45H,7-10,12,15-19H2,1-2H3,(H,44,50,51)/t21-,22-,27?,30?,31+,38-,39-/m1/s1. The zero-order valence-electron chi connectivity index (χ0n) is 30.1. The highest BCUT2D eigenvalue weighted by Gasteiger charge is 2.68. The van der Waals surface area contributed by atoms with Crippen molar-refractivity contribution in [3.63, 3.8) is 0 Å². The molecular weight excluding hydrogens is 696 g/mol. The zero-order valence-corrected chi connectivity index (χ0v) is 30.1. The third kappa shape index (κ3) is 4.70. The fraction of sp³-hybridized carbons (Fsp3) is 0.500. The summed E-state index contributed by atoms with van der Waals surface area (Å²) in [7, 11) is 1.81. The molecule has 1 spiro atoms. The first-order valence-electron chi connectivity index (χ1n) is 19.0. The number of nitrogens with one attached hydrogen (secondary N) is 3. The van der Waals surface area contributed by atoms with E-state index in [-0.39, 0.29) is 65.5 Å². The lowest BCUT2D eigenvalue weighted by atomic mass is 9.49. The minimum absolute atomic E-state index is 0.0102. The van der Waals surface area contributed by atoms with Crippen LogP contribution in [0.25, 0.3) is 10.9 Å². The summed E-state index contributed by atoms with van der Waals surface area (Å²) in [4.78, 5) is 72.8. The highest BCUT2D eigenvalue weighted by atomic mass is 19.3. The molecule has 3 aromatic rings. The minimum atomic E-state index is -2.62. The van der Waals surface area contributed by atoms with Crippen molar-refractivity contribution < 1.29 is 32.8 Å². The quantitative estimate of drug-likeness (QED) is 0.325. The maximum atomic E-state index is 14.5. The first kappa shape index (κ1) is 33.4. The minimum Gasteiger partial charge on any atom is -0.371 e. The Labute approximate surface area is 309 Å². The second kappa shape index (κ2) is 11.2. The first-order chi connectivity index (χ1) is 25.7. The van der Waals surface area contributed by atoms with Gasteiger partial charge in [-0.15, -0.1) is 0 Å². The van der Waals surface area contributed by atoms with Gasteiger partial charge < -0.3 is 20.2 Å². The van der Waals surface area contributed by atoms with E-state index in [1.807, 2.05) is 31.3 Å². The number of alkyl halides is 2. The summed E-state index contributed by atoms with van der Waals surface area (Å²) >= 11 is 0. The van der Waals surface area contributed by atoms with E-state index < -0.39 is 41.0 Å². The molecule has 5 amide bonds. The number of aromatic nitrogens is 1. The molecule has 54 heavy (non-hydrogen) atoms. The number of hydrogen-bond donors (Lipinski definition) is 3. The van der Waals surface area contributed by atoms with Crippen LogP contribution in [0.4, 0.5) is 20.2 Å². The Morgan fingerprint density at radius 2 is 1.78 bits per heavy atom. The smallest absolute Gasteiger partial charge is 0.262 e. The number of carbonyl (C=O) groups is 5. The van der Waals surface area contributed by atoms with Crippen LogP contribution in [0.15, 0.2) is 47.6 Å². The molecule has 4 aliphatic heterocycles. The molecule has 14 heteroatoms. The number of fused-ring (bicyclic) bond motifs is 4. The lowest BCUT2D eigenvalue weighted by Crippen LogP contribution is -2.63. The highest BCUT2D eigenvalue weighted by molar-refractivity contribution is 6.23. The molecule has 5 atom stereocenters. The van der Waals surface area contributed by atoms with Crippen LogP contribution in [-0.4, -0.2) is 83.3 Å². The van der Waals surface area contributed by atoms with E-state index in [4.69, 9.17) is 0 Å². The van der Waals surface area contributed by atoms with Gasteiger partial charge in [-0.05, 0) is 86.3 Å². The molecule has 2 aromatic carbocycles. The average molecular weight is 738 g/mol. The number of H-pyrrole nitrogens is 1. The van der Waals surface area contributed by atoms with Gasteiger partial charge in [0.2, 0.25) is 17.7 Å². The number of amides is 5. The number of rotatable bonds is 5. The van der Waals surface area contributed by atoms with Gasteiger partial charge in [0.25, 0.3) is 17.7 Å². The maximum absolute atomic E-state index is 14.5. The molecule has 280 valence electrons. The van der Waals surface area contributed by atoms with Gasteiger partial charge in [0.15, 0.2) is 0 Å². The molecule has 3 saturated carbocycles. The van der Waals surface area contributed by atoms with E-state index in [9.17, 15) is 32.8 Å². The fourth-order valence-corrected chi connectivity index (χ4v) is 10.8. The summed E-state index contributed by atoms with van der Waals surface area (Å²) < 4.78 is 28.9. The van der Waals surface area contributed by atoms with Crippen LogP contribution in [0.5, 0.6) is 0 Å². The number of hydrazone groups is 1. The summed E-state index contributed by atoms with van der Waals surface area (Å²) in [5.41, 5.74) is 6.96. The van der Waals surface area contributed by atoms with E-state index in [2.05, 4.69) is 31.8 Å². The van der Waals surface area contributed by atoms with Crippen molar-refractivity contribution in [1.82, 2.24) is 20.6 Å². The normalized spacial score (nSPS) is 31.7. The van der Waals surface area contributed by atoms with Crippen LogP contribution >= 0.6 is 0 Å². The molecule has 2 saturated heterocycles. The Kier molecular flexibility index (Phi) is 6.93. The van der Waals surface area contributed by atoms with Gasteiger partial charge >= 0.3 is 0 Å². The predicted octanol–water partition coefficient (Wildman–Crippen LogP) is 4.59. The second-order valence-electron chi connectivity index (χ2n) is 17.1. The van der Waals surface area contributed by atoms with E-state index in [1.165, 1.54) is 0 Å². The molecule has 3 aliphatic carbocycles. The molecule has 1 aromatic heterocycles. The van der Waals surface area contributed by atoms with Gasteiger partial charge in [0, 0.05) is 72.5 Å². The largest absolute Gasteiger partial charge is 0.371 e. The van der Waals surface area contributed by atoms with Gasteiger partial charge in [-0.2, -0.15) is 5.10 Å². The van der Waals surface area contributed by atoms with E-state index in [0.717, 1.165) is 70.9 Å². The Morgan fingerprint density at radius 1 is 0.981 bits per heavy atom. The number of piperidine rings is 1. The molecule has 7 aliphatic rings. The van der Waals surface area contributed by atoms with Crippen molar-refractivity contribution in [2.24, 2.45) is 33.7 Å². The monoisotopic (exact) mass is 737 g/mol. The predicted molar refractivity (Wildman–Crippen MR) is 194 cm³/mol. The number of hydrogen-bond acceptors (Lipinski definition) is 8. The Bertz CT molecular complexity index is 2250. The van der Waals surface area contributed by atoms with Crippen molar-refractivity contribution in [2.45, 2.75) is 76.3 Å². The number of anilines is 2. The Morgan fingerprint density at radius 3 is 2.56 bits per heavy atom. The third-order valence-electron chi connectivity index (χ3n) is 14.1. The molecule has 10 rings (SSSR count). The second-order valence-corrected chi connectivity index (χ2v) is 17.1. The number of benzene rings is 2. The molecule has 5 heterocycles. The van der Waals surface area contributed by atoms with Crippen molar-refractivity contribution in [3.8, 4) is 0 Å². The van der Waals surface area contributed by atoms with E-state index in [0.29, 0.717) is 12.8 Å². The number of carbonyl (C=O) groups excluding carboxylic acids is 5. The zero-order chi connectivity index (χ0) is 37.5. The SMILES string of the molecule is CN(c1ccc2cc(C3=NNC4C[C@]5(C)[C@H](CC34)CC5(F)F)[nH]c2c1)C(=O)[C@H]1C[C@@]2(CCN(c3ccc4c(c3)C(=O)N([C@H]3CCC(=O)NC3=O)C4=O)C2)C1. The molecule has 12 nitrogen and oxygen atoms in total. The maximum Gasteiger partial charge on any atom is 0.262 e. The molecule has 5 fully saturated rings. The molecular formula is C40H41F2N7O5. The van der Waals surface area contributed by atoms with Crippen molar-refractivity contribution in [1.29, 1.82) is 0 Å². The van der Waals surface area contributed by atoms with Crippen LogP contribution in [0.1, 0.15) is 84.7 Å². The summed E-state index contributed by atoms with van der Waals surface area (Å²) in [6.45, 7) is 3.21. The topological polar surface area (TPSA) is 147 Å². The number of halogens is 2. The molecule has 3 N–H and O–H groups in total. The van der Waals surface area contributed by atoms with Crippen LogP contribution in [0.2, 0.25) is 0 Å². The van der Waals surface area contributed by atoms with E-state index >= 15 is 0 Å². The lowest BCUT2D eigenvalue weighted by molar-refractivity contribution is -0.255. The van der Waals surface area contributed by atoms with Crippen LogP contribution in [0.3, 0.4) is 0 Å². The van der Waals surface area contributed by atoms with Crippen molar-refractivity contribution in [2.75, 3.05) is 29.9 Å². The molecule has 2 unspecified atom stereocenters. The van der Waals surface area contributed by atoms with Gasteiger partial charge in [-0.25, -0.2) is 8.78 Å². The van der Waals surface area contributed by atoms with Gasteiger partial charge in [-0.3, -0.25) is 34.2 Å². The summed E-state index contributed by atoms with van der Waals surface area (Å²) in [6.07, 6.45) is 3.66.